The van der Waals surface area contributed by atoms with E-state index in [1.54, 1.807) is 6.07 Å². The lowest BCUT2D eigenvalue weighted by molar-refractivity contribution is -0.125. The third-order valence-electron chi connectivity index (χ3n) is 3.24. The molecule has 0 aliphatic heterocycles. The van der Waals surface area contributed by atoms with Gasteiger partial charge in [-0.3, -0.25) is 4.98 Å². The van der Waals surface area contributed by atoms with E-state index >= 15 is 0 Å². The highest BCUT2D eigenvalue weighted by molar-refractivity contribution is 5.16. The maximum atomic E-state index is 12.1. The van der Waals surface area contributed by atoms with Crippen LogP contribution in [0.1, 0.15) is 45.0 Å². The molecule has 1 N–H and O–H groups in total. The molecule has 0 atom stereocenters. The number of rotatable bonds is 6. The van der Waals surface area contributed by atoms with E-state index in [9.17, 15) is 13.2 Å². The van der Waals surface area contributed by atoms with Crippen molar-refractivity contribution < 1.29 is 13.2 Å². The van der Waals surface area contributed by atoms with Crippen LogP contribution >= 0.6 is 0 Å². The number of hydrogen-bond donors (Lipinski definition) is 1. The Kier molecular flexibility index (Phi) is 5.99. The fourth-order valence-electron chi connectivity index (χ4n) is 2.57. The first kappa shape index (κ1) is 17.0. The van der Waals surface area contributed by atoms with Crippen molar-refractivity contribution in [2.75, 3.05) is 6.54 Å². The molecule has 0 unspecified atom stereocenters. The minimum Gasteiger partial charge on any atom is -0.303 e. The summed E-state index contributed by atoms with van der Waals surface area (Å²) in [4.78, 5) is 4.51. The minimum atomic E-state index is -4.18. The summed E-state index contributed by atoms with van der Waals surface area (Å²) in [5.74, 6) is 1.21. The fraction of sp³-hybridized carbons (Fsp3) is 0.667. The van der Waals surface area contributed by atoms with Crippen LogP contribution in [0.3, 0.4) is 0 Å². The van der Waals surface area contributed by atoms with Crippen molar-refractivity contribution in [1.29, 1.82) is 0 Å². The average Bonchev–Trinajstić information content (AvgIpc) is 2.26. The van der Waals surface area contributed by atoms with Gasteiger partial charge in [-0.1, -0.05) is 33.8 Å². The highest BCUT2D eigenvalue weighted by Gasteiger charge is 2.26. The fourth-order valence-corrected chi connectivity index (χ4v) is 2.57. The van der Waals surface area contributed by atoms with Crippen molar-refractivity contribution in [3.8, 4) is 0 Å². The molecule has 1 aromatic rings. The summed E-state index contributed by atoms with van der Waals surface area (Å²) in [6.07, 6.45) is -4.18. The van der Waals surface area contributed by atoms with Gasteiger partial charge in [0.15, 0.2) is 0 Å². The van der Waals surface area contributed by atoms with Crippen molar-refractivity contribution in [1.82, 2.24) is 10.3 Å². The number of aromatic nitrogens is 1. The molecule has 0 aromatic carbocycles. The standard InChI is InChI=1S/C15H23F3N2/c1-10(2)14(11(3)4)13-7-5-6-12(20-13)8-19-9-15(16,17)18/h5-7,10-11,14,19H,8-9H2,1-4H3. The van der Waals surface area contributed by atoms with E-state index in [1.807, 2.05) is 12.1 Å². The zero-order chi connectivity index (χ0) is 15.3. The van der Waals surface area contributed by atoms with E-state index in [0.717, 1.165) is 5.69 Å². The molecule has 0 aliphatic rings. The number of pyridine rings is 1. The molecule has 0 saturated carbocycles. The molecule has 2 nitrogen and oxygen atoms in total. The van der Waals surface area contributed by atoms with E-state index in [0.29, 0.717) is 23.4 Å². The molecular weight excluding hydrogens is 265 g/mol. The summed E-state index contributed by atoms with van der Waals surface area (Å²) in [6, 6.07) is 5.58. The van der Waals surface area contributed by atoms with Gasteiger partial charge in [0.25, 0.3) is 0 Å². The van der Waals surface area contributed by atoms with E-state index < -0.39 is 12.7 Å². The van der Waals surface area contributed by atoms with E-state index in [-0.39, 0.29) is 6.54 Å². The predicted octanol–water partition coefficient (Wildman–Crippen LogP) is 4.13. The van der Waals surface area contributed by atoms with Crippen LogP contribution in [-0.2, 0) is 6.54 Å². The number of nitrogens with zero attached hydrogens (tertiary/aromatic N) is 1. The predicted molar refractivity (Wildman–Crippen MR) is 74.4 cm³/mol. The van der Waals surface area contributed by atoms with Crippen molar-refractivity contribution in [2.45, 2.75) is 46.3 Å². The second-order valence-corrected chi connectivity index (χ2v) is 5.79. The van der Waals surface area contributed by atoms with Gasteiger partial charge in [-0.15, -0.1) is 0 Å². The molecule has 0 saturated heterocycles. The van der Waals surface area contributed by atoms with Gasteiger partial charge in [-0.2, -0.15) is 13.2 Å². The molecule has 0 aliphatic carbocycles. The van der Waals surface area contributed by atoms with Gasteiger partial charge >= 0.3 is 6.18 Å². The molecule has 0 bridgehead atoms. The molecule has 20 heavy (non-hydrogen) atoms. The molecule has 1 heterocycles. The highest BCUT2D eigenvalue weighted by atomic mass is 19.4. The van der Waals surface area contributed by atoms with Gasteiger partial charge < -0.3 is 5.32 Å². The van der Waals surface area contributed by atoms with Crippen LogP contribution in [0, 0.1) is 11.8 Å². The molecule has 0 radical (unpaired) electrons. The molecule has 0 spiro atoms. The molecule has 114 valence electrons. The highest BCUT2D eigenvalue weighted by Crippen LogP contribution is 2.30. The Bertz CT molecular complexity index is 406. The second-order valence-electron chi connectivity index (χ2n) is 5.79. The lowest BCUT2D eigenvalue weighted by Crippen LogP contribution is -2.28. The van der Waals surface area contributed by atoms with Crippen LogP contribution in [0.15, 0.2) is 18.2 Å². The molecule has 1 rings (SSSR count). The summed E-state index contributed by atoms with van der Waals surface area (Å²) in [6.45, 7) is 7.71. The van der Waals surface area contributed by atoms with Crippen LogP contribution in [-0.4, -0.2) is 17.7 Å². The second kappa shape index (κ2) is 7.07. The smallest absolute Gasteiger partial charge is 0.303 e. The number of nitrogens with one attached hydrogen (secondary N) is 1. The van der Waals surface area contributed by atoms with Gasteiger partial charge in [0.2, 0.25) is 0 Å². The normalized spacial score (nSPS) is 12.7. The van der Waals surface area contributed by atoms with Gasteiger partial charge in [-0.25, -0.2) is 0 Å². The first-order valence-corrected chi connectivity index (χ1v) is 6.94. The average molecular weight is 288 g/mol. The lowest BCUT2D eigenvalue weighted by atomic mass is 9.82. The maximum Gasteiger partial charge on any atom is 0.401 e. The zero-order valence-corrected chi connectivity index (χ0v) is 12.5. The minimum absolute atomic E-state index is 0.135. The zero-order valence-electron chi connectivity index (χ0n) is 12.5. The van der Waals surface area contributed by atoms with Crippen LogP contribution < -0.4 is 5.32 Å². The SMILES string of the molecule is CC(C)C(c1cccc(CNCC(F)(F)F)n1)C(C)C. The quantitative estimate of drug-likeness (QED) is 0.851. The van der Waals surface area contributed by atoms with Crippen LogP contribution in [0.5, 0.6) is 0 Å². The van der Waals surface area contributed by atoms with E-state index in [2.05, 4.69) is 38.0 Å². The summed E-state index contributed by atoms with van der Waals surface area (Å²) < 4.78 is 36.3. The number of hydrogen-bond acceptors (Lipinski definition) is 2. The van der Waals surface area contributed by atoms with Gasteiger partial charge in [0.1, 0.15) is 0 Å². The maximum absolute atomic E-state index is 12.1. The van der Waals surface area contributed by atoms with E-state index in [1.165, 1.54) is 0 Å². The van der Waals surface area contributed by atoms with Crippen molar-refractivity contribution >= 4 is 0 Å². The number of alkyl halides is 3. The molecule has 0 fully saturated rings. The van der Waals surface area contributed by atoms with Crippen LogP contribution in [0.4, 0.5) is 13.2 Å². The summed E-state index contributed by atoms with van der Waals surface area (Å²) in [5.41, 5.74) is 1.61. The first-order valence-electron chi connectivity index (χ1n) is 6.94. The van der Waals surface area contributed by atoms with E-state index in [4.69, 9.17) is 0 Å². The van der Waals surface area contributed by atoms with Gasteiger partial charge in [0, 0.05) is 18.2 Å². The summed E-state index contributed by atoms with van der Waals surface area (Å²) in [7, 11) is 0. The van der Waals surface area contributed by atoms with Gasteiger partial charge in [-0.05, 0) is 24.0 Å². The molecule has 5 heteroatoms. The number of halogens is 3. The topological polar surface area (TPSA) is 24.9 Å². The Morgan fingerprint density at radius 1 is 1.10 bits per heavy atom. The Morgan fingerprint density at radius 3 is 2.20 bits per heavy atom. The Labute approximate surface area is 118 Å². The van der Waals surface area contributed by atoms with Crippen molar-refractivity contribution in [2.24, 2.45) is 11.8 Å². The Balaban J connectivity index is 2.75. The third-order valence-corrected chi connectivity index (χ3v) is 3.24. The van der Waals surface area contributed by atoms with Crippen molar-refractivity contribution in [3.05, 3.63) is 29.6 Å². The summed E-state index contributed by atoms with van der Waals surface area (Å²) >= 11 is 0. The van der Waals surface area contributed by atoms with Crippen LogP contribution in [0.2, 0.25) is 0 Å². The van der Waals surface area contributed by atoms with Crippen molar-refractivity contribution in [3.63, 3.8) is 0 Å². The molecular formula is C15H23F3N2. The lowest BCUT2D eigenvalue weighted by Gasteiger charge is -2.24. The first-order chi connectivity index (χ1) is 9.20. The monoisotopic (exact) mass is 288 g/mol. The van der Waals surface area contributed by atoms with Gasteiger partial charge in [0.05, 0.1) is 12.2 Å². The third kappa shape index (κ3) is 5.49. The molecule has 0 amide bonds. The van der Waals surface area contributed by atoms with Crippen LogP contribution in [0.25, 0.3) is 0 Å². The summed E-state index contributed by atoms with van der Waals surface area (Å²) in [5, 5.41) is 2.38. The Morgan fingerprint density at radius 2 is 1.70 bits per heavy atom. The largest absolute Gasteiger partial charge is 0.401 e. The molecule has 1 aromatic heterocycles. The Hall–Kier alpha value is -1.10.